The molecule has 0 bridgehead atoms. The van der Waals surface area contributed by atoms with E-state index in [9.17, 15) is 28.3 Å². The molecule has 134 valence electrons. The van der Waals surface area contributed by atoms with Gasteiger partial charge in [0.15, 0.2) is 6.17 Å². The lowest BCUT2D eigenvalue weighted by Gasteiger charge is -2.33. The predicted octanol–water partition coefficient (Wildman–Crippen LogP) is 0.672. The first kappa shape index (κ1) is 18.1. The molecule has 1 fully saturated rings. The van der Waals surface area contributed by atoms with E-state index in [1.807, 2.05) is 4.98 Å². The summed E-state index contributed by atoms with van der Waals surface area (Å²) in [6.45, 7) is 3.97. The first-order chi connectivity index (χ1) is 11.0. The predicted molar refractivity (Wildman–Crippen MR) is 78.9 cm³/mol. The third-order valence-electron chi connectivity index (χ3n) is 3.47. The zero-order valence-corrected chi connectivity index (χ0v) is 13.5. The minimum absolute atomic E-state index is 0.557. The number of aromatic amines is 1. The van der Waals surface area contributed by atoms with Crippen LogP contribution in [0.15, 0.2) is 21.9 Å². The second-order valence-electron chi connectivity index (χ2n) is 6.58. The normalized spacial score (nSPS) is 23.3. The fraction of sp³-hybridized carbons (Fsp3) is 0.643. The molecule has 1 aromatic heterocycles. The number of rotatable bonds is 2. The van der Waals surface area contributed by atoms with Crippen LogP contribution in [0.4, 0.5) is 13.6 Å². The second kappa shape index (κ2) is 6.00. The highest BCUT2D eigenvalue weighted by molar-refractivity contribution is 5.69. The van der Waals surface area contributed by atoms with Crippen molar-refractivity contribution in [3.63, 3.8) is 0 Å². The molecule has 2 N–H and O–H groups in total. The summed E-state index contributed by atoms with van der Waals surface area (Å²) in [5.41, 5.74) is -2.78. The number of alkyl halides is 2. The first-order valence-corrected chi connectivity index (χ1v) is 7.28. The summed E-state index contributed by atoms with van der Waals surface area (Å²) in [6.07, 6.45) is -3.04. The molecule has 1 aliphatic heterocycles. The Morgan fingerprint density at radius 2 is 2.08 bits per heavy atom. The summed E-state index contributed by atoms with van der Waals surface area (Å²) in [5, 5.41) is 9.37. The Kier molecular flexibility index (Phi) is 4.53. The van der Waals surface area contributed by atoms with Gasteiger partial charge in [-0.1, -0.05) is 0 Å². The van der Waals surface area contributed by atoms with Crippen LogP contribution in [0.3, 0.4) is 0 Å². The first-order valence-electron chi connectivity index (χ1n) is 7.28. The Bertz CT molecular complexity index is 737. The Hall–Kier alpha value is -2.23. The number of nitrogens with zero attached hydrogens (tertiary/aromatic N) is 2. The van der Waals surface area contributed by atoms with Gasteiger partial charge in [-0.15, -0.1) is 0 Å². The summed E-state index contributed by atoms with van der Waals surface area (Å²) in [7, 11) is 0. The Morgan fingerprint density at radius 1 is 1.46 bits per heavy atom. The van der Waals surface area contributed by atoms with E-state index in [4.69, 9.17) is 4.74 Å². The number of amides is 1. The zero-order valence-electron chi connectivity index (χ0n) is 13.5. The number of H-pyrrole nitrogens is 1. The van der Waals surface area contributed by atoms with Gasteiger partial charge in [0.1, 0.15) is 5.60 Å². The molecular weight excluding hydrogens is 328 g/mol. The van der Waals surface area contributed by atoms with E-state index in [2.05, 4.69) is 0 Å². The number of carbonyl (C=O) groups excluding carboxylic acids is 1. The smallest absolute Gasteiger partial charge is 0.412 e. The van der Waals surface area contributed by atoms with Gasteiger partial charge in [0.25, 0.3) is 11.5 Å². The molecule has 0 saturated carbocycles. The molecule has 1 saturated heterocycles. The Morgan fingerprint density at radius 3 is 2.58 bits per heavy atom. The van der Waals surface area contributed by atoms with Crippen LogP contribution in [-0.2, 0) is 4.74 Å². The standard InChI is InChI=1S/C14H19F2N3O5/c1-13(2,3)24-12(23)19-8(7-20)6-14(15,16)10(19)18-5-4-9(21)17-11(18)22/h4-5,8,10,20H,6-7H2,1-3H3,(H,17,21,22)/t8-,10?/m0/s1. The molecule has 0 radical (unpaired) electrons. The van der Waals surface area contributed by atoms with E-state index in [0.717, 1.165) is 12.3 Å². The fourth-order valence-electron chi connectivity index (χ4n) is 2.59. The molecule has 10 heteroatoms. The van der Waals surface area contributed by atoms with Gasteiger partial charge < -0.3 is 9.84 Å². The fourth-order valence-corrected chi connectivity index (χ4v) is 2.59. The molecule has 24 heavy (non-hydrogen) atoms. The van der Waals surface area contributed by atoms with Crippen LogP contribution in [0, 0.1) is 0 Å². The number of aliphatic hydroxyl groups is 1. The number of halogens is 2. The molecule has 2 rings (SSSR count). The van der Waals surface area contributed by atoms with Crippen molar-refractivity contribution in [3.8, 4) is 0 Å². The number of aromatic nitrogens is 2. The van der Waals surface area contributed by atoms with E-state index >= 15 is 0 Å². The van der Waals surface area contributed by atoms with Crippen molar-refractivity contribution in [3.05, 3.63) is 33.1 Å². The third kappa shape index (κ3) is 3.48. The summed E-state index contributed by atoms with van der Waals surface area (Å²) >= 11 is 0. The number of ether oxygens (including phenoxy) is 1. The van der Waals surface area contributed by atoms with Gasteiger partial charge in [0, 0.05) is 18.7 Å². The van der Waals surface area contributed by atoms with Gasteiger partial charge in [-0.05, 0) is 20.8 Å². The van der Waals surface area contributed by atoms with E-state index in [0.29, 0.717) is 9.47 Å². The molecule has 0 spiro atoms. The van der Waals surface area contributed by atoms with Gasteiger partial charge in [0.05, 0.1) is 12.6 Å². The number of carbonyl (C=O) groups is 1. The lowest BCUT2D eigenvalue weighted by molar-refractivity contribution is -0.0709. The zero-order chi connectivity index (χ0) is 18.3. The van der Waals surface area contributed by atoms with Crippen molar-refractivity contribution < 1.29 is 23.4 Å². The topological polar surface area (TPSA) is 105 Å². The monoisotopic (exact) mass is 347 g/mol. The highest BCUT2D eigenvalue weighted by Gasteiger charge is 2.58. The Balaban J connectivity index is 2.52. The second-order valence-corrected chi connectivity index (χ2v) is 6.58. The molecule has 1 unspecified atom stereocenters. The maximum Gasteiger partial charge on any atom is 0.412 e. The molecule has 8 nitrogen and oxygen atoms in total. The van der Waals surface area contributed by atoms with Crippen LogP contribution in [0.1, 0.15) is 33.4 Å². The van der Waals surface area contributed by atoms with Crippen LogP contribution in [0.25, 0.3) is 0 Å². The van der Waals surface area contributed by atoms with Gasteiger partial charge in [-0.3, -0.25) is 19.2 Å². The molecule has 2 heterocycles. The number of hydrogen-bond donors (Lipinski definition) is 2. The lowest BCUT2D eigenvalue weighted by Crippen LogP contribution is -2.49. The SMILES string of the molecule is CC(C)(C)OC(=O)N1C(n2ccc(=O)[nH]c2=O)C(F)(F)C[C@H]1CO. The molecule has 1 amide bonds. The molecule has 0 aliphatic carbocycles. The van der Waals surface area contributed by atoms with Crippen molar-refractivity contribution in [2.24, 2.45) is 0 Å². The third-order valence-corrected chi connectivity index (χ3v) is 3.47. The molecular formula is C14H19F2N3O5. The Labute approximate surface area is 135 Å². The average molecular weight is 347 g/mol. The molecule has 2 atom stereocenters. The van der Waals surface area contributed by atoms with E-state index < -0.39 is 54.1 Å². The van der Waals surface area contributed by atoms with E-state index in [1.54, 1.807) is 20.8 Å². The highest BCUT2D eigenvalue weighted by Crippen LogP contribution is 2.44. The number of likely N-dealkylation sites (tertiary alicyclic amines) is 1. The number of aliphatic hydroxyl groups excluding tert-OH is 1. The quantitative estimate of drug-likeness (QED) is 0.818. The van der Waals surface area contributed by atoms with Gasteiger partial charge in [0.2, 0.25) is 0 Å². The maximum absolute atomic E-state index is 14.4. The van der Waals surface area contributed by atoms with Crippen LogP contribution in [0.2, 0.25) is 0 Å². The van der Waals surface area contributed by atoms with Crippen molar-refractivity contribution in [1.82, 2.24) is 14.5 Å². The van der Waals surface area contributed by atoms with Gasteiger partial charge in [-0.25, -0.2) is 18.4 Å². The number of nitrogens with one attached hydrogen (secondary N) is 1. The minimum Gasteiger partial charge on any atom is -0.444 e. The average Bonchev–Trinajstić information content (AvgIpc) is 2.68. The molecule has 1 aromatic rings. The van der Waals surface area contributed by atoms with E-state index in [1.165, 1.54) is 0 Å². The molecule has 1 aliphatic rings. The van der Waals surface area contributed by atoms with Gasteiger partial charge >= 0.3 is 11.8 Å². The summed E-state index contributed by atoms with van der Waals surface area (Å²) < 4.78 is 34.6. The van der Waals surface area contributed by atoms with Crippen molar-refractivity contribution in [2.75, 3.05) is 6.61 Å². The largest absolute Gasteiger partial charge is 0.444 e. The van der Waals surface area contributed by atoms with Gasteiger partial charge in [-0.2, -0.15) is 0 Å². The summed E-state index contributed by atoms with van der Waals surface area (Å²) in [5.74, 6) is -3.49. The van der Waals surface area contributed by atoms with Crippen molar-refractivity contribution >= 4 is 6.09 Å². The number of hydrogen-bond acceptors (Lipinski definition) is 5. The van der Waals surface area contributed by atoms with Crippen molar-refractivity contribution in [1.29, 1.82) is 0 Å². The van der Waals surface area contributed by atoms with Crippen LogP contribution < -0.4 is 11.2 Å². The van der Waals surface area contributed by atoms with E-state index in [-0.39, 0.29) is 0 Å². The van der Waals surface area contributed by atoms with Crippen LogP contribution in [0.5, 0.6) is 0 Å². The minimum atomic E-state index is -3.49. The maximum atomic E-state index is 14.4. The highest BCUT2D eigenvalue weighted by atomic mass is 19.3. The van der Waals surface area contributed by atoms with Crippen LogP contribution in [-0.4, -0.2) is 49.8 Å². The lowest BCUT2D eigenvalue weighted by atomic mass is 10.2. The molecule has 0 aromatic carbocycles. The summed E-state index contributed by atoms with van der Waals surface area (Å²) in [4.78, 5) is 37.9. The van der Waals surface area contributed by atoms with Crippen molar-refractivity contribution in [2.45, 2.75) is 50.9 Å². The summed E-state index contributed by atoms with van der Waals surface area (Å²) in [6, 6.07) is -0.324. The van der Waals surface area contributed by atoms with Crippen LogP contribution >= 0.6 is 0 Å².